The first-order chi connectivity index (χ1) is 13.8. The molecule has 8 heteroatoms. The molecule has 5 rings (SSSR count). The number of piperazine rings is 1. The van der Waals surface area contributed by atoms with E-state index in [4.69, 9.17) is 20.0 Å². The summed E-state index contributed by atoms with van der Waals surface area (Å²) in [5.41, 5.74) is 2.20. The predicted molar refractivity (Wildman–Crippen MR) is 107 cm³/mol. The highest BCUT2D eigenvalue weighted by Crippen LogP contribution is 2.44. The van der Waals surface area contributed by atoms with Crippen molar-refractivity contribution >= 4 is 22.7 Å². The van der Waals surface area contributed by atoms with E-state index in [0.717, 1.165) is 55.4 Å². The molecule has 0 radical (unpaired) electrons. The topological polar surface area (TPSA) is 90.2 Å². The van der Waals surface area contributed by atoms with E-state index in [-0.39, 0.29) is 6.04 Å². The average Bonchev–Trinajstić information content (AvgIpc) is 3.59. The summed E-state index contributed by atoms with van der Waals surface area (Å²) in [4.78, 5) is 19.0. The van der Waals surface area contributed by atoms with Gasteiger partial charge in [-0.1, -0.05) is 0 Å². The molecule has 28 heavy (non-hydrogen) atoms. The lowest BCUT2D eigenvalue weighted by Gasteiger charge is -2.35. The molecule has 0 unspecified atom stereocenters. The van der Waals surface area contributed by atoms with E-state index in [1.807, 2.05) is 12.4 Å². The second kappa shape index (κ2) is 7.49. The van der Waals surface area contributed by atoms with Gasteiger partial charge in [0, 0.05) is 50.3 Å². The van der Waals surface area contributed by atoms with Crippen molar-refractivity contribution in [2.45, 2.75) is 31.2 Å². The largest absolute Gasteiger partial charge is 0.378 e. The Kier molecular flexibility index (Phi) is 4.71. The van der Waals surface area contributed by atoms with E-state index in [9.17, 15) is 0 Å². The Balaban J connectivity index is 1.60. The molecule has 1 aliphatic carbocycles. The summed E-state index contributed by atoms with van der Waals surface area (Å²) in [6, 6.07) is 2.46. The summed E-state index contributed by atoms with van der Waals surface area (Å²) in [7, 11) is 0. The molecule has 8 nitrogen and oxygen atoms in total. The number of pyridine rings is 1. The minimum Gasteiger partial charge on any atom is -0.378 e. The van der Waals surface area contributed by atoms with Gasteiger partial charge in [-0.3, -0.25) is 4.98 Å². The summed E-state index contributed by atoms with van der Waals surface area (Å²) >= 11 is 0. The van der Waals surface area contributed by atoms with E-state index >= 15 is 0 Å². The van der Waals surface area contributed by atoms with Gasteiger partial charge in [0.15, 0.2) is 0 Å². The van der Waals surface area contributed by atoms with E-state index in [1.165, 1.54) is 18.4 Å². The molecule has 1 saturated carbocycles. The number of nitrogens with zero attached hydrogens (tertiary/aromatic N) is 6. The van der Waals surface area contributed by atoms with Gasteiger partial charge >= 0.3 is 0 Å². The Bertz CT molecular complexity index is 901. The van der Waals surface area contributed by atoms with Crippen LogP contribution in [0.5, 0.6) is 0 Å². The summed E-state index contributed by atoms with van der Waals surface area (Å²) in [5, 5.41) is 13.7. The van der Waals surface area contributed by atoms with Crippen LogP contribution in [-0.4, -0.2) is 66.9 Å². The van der Waals surface area contributed by atoms with Gasteiger partial charge in [-0.2, -0.15) is 10.2 Å². The van der Waals surface area contributed by atoms with Crippen molar-refractivity contribution in [2.75, 3.05) is 55.7 Å². The van der Waals surface area contributed by atoms with Crippen LogP contribution in [0.25, 0.3) is 10.9 Å². The van der Waals surface area contributed by atoms with Crippen LogP contribution in [0.1, 0.15) is 30.7 Å². The number of hydrogen-bond donors (Lipinski definition) is 1. The maximum absolute atomic E-state index is 9.13. The Morgan fingerprint density at radius 2 is 2.00 bits per heavy atom. The predicted octanol–water partition coefficient (Wildman–Crippen LogP) is 1.43. The van der Waals surface area contributed by atoms with Crippen molar-refractivity contribution in [1.29, 1.82) is 5.26 Å². The van der Waals surface area contributed by atoms with Gasteiger partial charge in [0.1, 0.15) is 5.82 Å². The lowest BCUT2D eigenvalue weighted by Crippen LogP contribution is -2.51. The molecule has 3 aliphatic rings. The number of ether oxygens (including phenoxy) is 1. The van der Waals surface area contributed by atoms with Crippen LogP contribution < -0.4 is 15.1 Å². The fraction of sp³-hybridized carbons (Fsp3) is 0.600. The number of rotatable bonds is 4. The Morgan fingerprint density at radius 1 is 1.14 bits per heavy atom. The lowest BCUT2D eigenvalue weighted by atomic mass is 10.1. The molecule has 1 atom stereocenters. The lowest BCUT2D eigenvalue weighted by molar-refractivity contribution is 0.122. The summed E-state index contributed by atoms with van der Waals surface area (Å²) in [5.74, 6) is 2.33. The molecule has 0 spiro atoms. The molecule has 1 N–H and O–H groups in total. The zero-order valence-corrected chi connectivity index (χ0v) is 16.0. The molecule has 3 fully saturated rings. The van der Waals surface area contributed by atoms with Crippen molar-refractivity contribution in [2.24, 2.45) is 0 Å². The maximum Gasteiger partial charge on any atom is 0.228 e. The van der Waals surface area contributed by atoms with Crippen molar-refractivity contribution in [3.8, 4) is 6.07 Å². The van der Waals surface area contributed by atoms with Gasteiger partial charge < -0.3 is 19.9 Å². The minimum absolute atomic E-state index is 0.168. The van der Waals surface area contributed by atoms with Crippen LogP contribution in [0.2, 0.25) is 0 Å². The van der Waals surface area contributed by atoms with Crippen LogP contribution in [0, 0.1) is 11.3 Å². The molecular weight excluding hydrogens is 354 g/mol. The number of morpholine rings is 1. The highest BCUT2D eigenvalue weighted by molar-refractivity contribution is 5.93. The molecule has 146 valence electrons. The number of aromatic nitrogens is 3. The molecule has 2 saturated heterocycles. The summed E-state index contributed by atoms with van der Waals surface area (Å²) in [6.45, 7) is 5.54. The molecule has 0 aromatic carbocycles. The van der Waals surface area contributed by atoms with Crippen LogP contribution in [0.3, 0.4) is 0 Å². The van der Waals surface area contributed by atoms with Gasteiger partial charge in [0.2, 0.25) is 5.95 Å². The minimum atomic E-state index is 0.168. The first kappa shape index (κ1) is 17.6. The fourth-order valence-electron chi connectivity index (χ4n) is 4.18. The molecule has 4 heterocycles. The van der Waals surface area contributed by atoms with Crippen molar-refractivity contribution in [3.63, 3.8) is 0 Å². The zero-order valence-electron chi connectivity index (χ0n) is 16.0. The monoisotopic (exact) mass is 379 g/mol. The average molecular weight is 379 g/mol. The maximum atomic E-state index is 9.13. The molecule has 2 aliphatic heterocycles. The smallest absolute Gasteiger partial charge is 0.228 e. The first-order valence-corrected chi connectivity index (χ1v) is 10.2. The zero-order chi connectivity index (χ0) is 18.9. The van der Waals surface area contributed by atoms with Gasteiger partial charge in [0.25, 0.3) is 0 Å². The van der Waals surface area contributed by atoms with Gasteiger partial charge in [-0.25, -0.2) is 4.98 Å². The molecule has 0 bridgehead atoms. The second-order valence-corrected chi connectivity index (χ2v) is 7.80. The normalized spacial score (nSPS) is 23.0. The van der Waals surface area contributed by atoms with E-state index in [0.29, 0.717) is 25.6 Å². The number of hydrogen-bond acceptors (Lipinski definition) is 8. The Hall–Kier alpha value is -2.50. The standard InChI is InChI=1S/C20H25N7O/c21-4-3-15-13-27(6-5-23-15)19-18-16(14-1-2-14)11-22-12-17(18)24-20(25-19)26-7-9-28-10-8-26/h11-12,14-15,23H,1-3,5-10,13H2/t15-/m0/s1. The van der Waals surface area contributed by atoms with Crippen molar-refractivity contribution in [3.05, 3.63) is 18.0 Å². The number of nitriles is 1. The number of anilines is 2. The molecular formula is C20H25N7O. The third-order valence-corrected chi connectivity index (χ3v) is 5.81. The number of fused-ring (bicyclic) bond motifs is 1. The summed E-state index contributed by atoms with van der Waals surface area (Å²) in [6.07, 6.45) is 6.79. The summed E-state index contributed by atoms with van der Waals surface area (Å²) < 4.78 is 5.50. The third-order valence-electron chi connectivity index (χ3n) is 5.81. The highest BCUT2D eigenvalue weighted by atomic mass is 16.5. The Morgan fingerprint density at radius 3 is 2.79 bits per heavy atom. The SMILES string of the molecule is N#CC[C@H]1CN(c2nc(N3CCOCC3)nc3cncc(C4CC4)c23)CCN1. The van der Waals surface area contributed by atoms with Crippen LogP contribution in [-0.2, 0) is 4.74 Å². The van der Waals surface area contributed by atoms with Crippen LogP contribution >= 0.6 is 0 Å². The molecule has 2 aromatic rings. The van der Waals surface area contributed by atoms with Gasteiger partial charge in [-0.05, 0) is 24.3 Å². The second-order valence-electron chi connectivity index (χ2n) is 7.80. The van der Waals surface area contributed by atoms with Crippen molar-refractivity contribution < 1.29 is 4.74 Å². The van der Waals surface area contributed by atoms with Gasteiger partial charge in [-0.15, -0.1) is 0 Å². The number of nitrogens with one attached hydrogen (secondary N) is 1. The quantitative estimate of drug-likeness (QED) is 0.853. The molecule has 2 aromatic heterocycles. The Labute approximate surface area is 164 Å². The van der Waals surface area contributed by atoms with Gasteiger partial charge in [0.05, 0.1) is 37.4 Å². The van der Waals surface area contributed by atoms with E-state index < -0.39 is 0 Å². The first-order valence-electron chi connectivity index (χ1n) is 10.2. The van der Waals surface area contributed by atoms with Crippen molar-refractivity contribution in [1.82, 2.24) is 20.3 Å². The third kappa shape index (κ3) is 3.36. The molecule has 0 amide bonds. The van der Waals surface area contributed by atoms with Crippen LogP contribution in [0.4, 0.5) is 11.8 Å². The van der Waals surface area contributed by atoms with Crippen LogP contribution in [0.15, 0.2) is 12.4 Å². The fourth-order valence-corrected chi connectivity index (χ4v) is 4.18. The highest BCUT2D eigenvalue weighted by Gasteiger charge is 2.30. The van der Waals surface area contributed by atoms with E-state index in [1.54, 1.807) is 0 Å². The van der Waals surface area contributed by atoms with E-state index in [2.05, 4.69) is 26.2 Å².